The molecule has 0 bridgehead atoms. The number of hydrogen-bond acceptors (Lipinski definition) is 3. The SMILES string of the molecule is CC(=O)n1c2cccc(I)c2c2cc(-c3ccccc3)nnc21. The number of hydrogen-bond donors (Lipinski definition) is 0. The first-order valence-corrected chi connectivity index (χ1v) is 8.27. The Morgan fingerprint density at radius 1 is 1.04 bits per heavy atom. The van der Waals surface area contributed by atoms with Crippen molar-refractivity contribution in [2.75, 3.05) is 0 Å². The van der Waals surface area contributed by atoms with Crippen molar-refractivity contribution in [2.45, 2.75) is 6.92 Å². The second-order valence-electron chi connectivity index (χ2n) is 5.32. The molecule has 0 saturated carbocycles. The Morgan fingerprint density at radius 3 is 2.57 bits per heavy atom. The normalized spacial score (nSPS) is 11.2. The van der Waals surface area contributed by atoms with Crippen LogP contribution in [0.5, 0.6) is 0 Å². The van der Waals surface area contributed by atoms with Gasteiger partial charge in [-0.1, -0.05) is 36.4 Å². The summed E-state index contributed by atoms with van der Waals surface area (Å²) in [4.78, 5) is 12.1. The lowest BCUT2D eigenvalue weighted by Gasteiger charge is -2.01. The molecule has 2 aromatic heterocycles. The summed E-state index contributed by atoms with van der Waals surface area (Å²) >= 11 is 2.30. The zero-order valence-corrected chi connectivity index (χ0v) is 14.5. The maximum Gasteiger partial charge on any atom is 0.229 e. The molecule has 0 atom stereocenters. The maximum absolute atomic E-state index is 12.1. The third kappa shape index (κ3) is 2.23. The van der Waals surface area contributed by atoms with E-state index in [-0.39, 0.29) is 5.91 Å². The van der Waals surface area contributed by atoms with Gasteiger partial charge in [0.1, 0.15) is 0 Å². The van der Waals surface area contributed by atoms with Crippen molar-refractivity contribution in [3.63, 3.8) is 0 Å². The molecule has 2 heterocycles. The van der Waals surface area contributed by atoms with Gasteiger partial charge in [0.2, 0.25) is 5.91 Å². The molecule has 0 fully saturated rings. The fraction of sp³-hybridized carbons (Fsp3) is 0.0556. The smallest absolute Gasteiger partial charge is 0.229 e. The maximum atomic E-state index is 12.1. The molecule has 0 aliphatic heterocycles. The van der Waals surface area contributed by atoms with E-state index < -0.39 is 0 Å². The Hall–Kier alpha value is -2.28. The summed E-state index contributed by atoms with van der Waals surface area (Å²) in [6.07, 6.45) is 0. The average Bonchev–Trinajstić information content (AvgIpc) is 2.90. The summed E-state index contributed by atoms with van der Waals surface area (Å²) in [5.74, 6) is -0.0613. The molecule has 0 saturated heterocycles. The summed E-state index contributed by atoms with van der Waals surface area (Å²) in [7, 11) is 0. The van der Waals surface area contributed by atoms with Gasteiger partial charge in [-0.2, -0.15) is 0 Å². The van der Waals surface area contributed by atoms with Crippen molar-refractivity contribution in [3.05, 3.63) is 58.2 Å². The molecule has 112 valence electrons. The van der Waals surface area contributed by atoms with E-state index in [1.165, 1.54) is 0 Å². The lowest BCUT2D eigenvalue weighted by Crippen LogP contribution is -2.06. The third-order valence-corrected chi connectivity index (χ3v) is 4.77. The fourth-order valence-corrected chi connectivity index (χ4v) is 3.66. The molecule has 4 aromatic rings. The van der Waals surface area contributed by atoms with Crippen LogP contribution in [-0.2, 0) is 0 Å². The Bertz CT molecular complexity index is 1050. The number of nitrogens with zero attached hydrogens (tertiary/aromatic N) is 3. The van der Waals surface area contributed by atoms with Crippen LogP contribution in [0.3, 0.4) is 0 Å². The first kappa shape index (κ1) is 14.3. The van der Waals surface area contributed by atoms with E-state index in [4.69, 9.17) is 0 Å². The highest BCUT2D eigenvalue weighted by atomic mass is 127. The van der Waals surface area contributed by atoms with E-state index in [0.29, 0.717) is 5.65 Å². The van der Waals surface area contributed by atoms with Gasteiger partial charge in [-0.25, -0.2) is 0 Å². The predicted octanol–water partition coefficient (Wildman–Crippen LogP) is 4.52. The molecule has 0 amide bonds. The first-order valence-electron chi connectivity index (χ1n) is 7.19. The quantitative estimate of drug-likeness (QED) is 0.432. The topological polar surface area (TPSA) is 47.8 Å². The van der Waals surface area contributed by atoms with Crippen molar-refractivity contribution in [3.8, 4) is 11.3 Å². The van der Waals surface area contributed by atoms with E-state index >= 15 is 0 Å². The molecule has 4 rings (SSSR count). The van der Waals surface area contributed by atoms with Crippen LogP contribution >= 0.6 is 22.6 Å². The summed E-state index contributed by atoms with van der Waals surface area (Å²) in [6.45, 7) is 1.55. The lowest BCUT2D eigenvalue weighted by atomic mass is 10.1. The molecule has 0 spiro atoms. The summed E-state index contributed by atoms with van der Waals surface area (Å²) < 4.78 is 2.73. The van der Waals surface area contributed by atoms with Crippen molar-refractivity contribution in [1.82, 2.24) is 14.8 Å². The first-order chi connectivity index (χ1) is 11.2. The highest BCUT2D eigenvalue weighted by molar-refractivity contribution is 14.1. The van der Waals surface area contributed by atoms with Crippen LogP contribution in [0, 0.1) is 3.57 Å². The van der Waals surface area contributed by atoms with Crippen LogP contribution in [-0.4, -0.2) is 20.7 Å². The zero-order chi connectivity index (χ0) is 16.0. The molecule has 0 radical (unpaired) electrons. The van der Waals surface area contributed by atoms with Gasteiger partial charge in [0.05, 0.1) is 11.2 Å². The van der Waals surface area contributed by atoms with Crippen LogP contribution in [0.15, 0.2) is 54.6 Å². The van der Waals surface area contributed by atoms with Crippen LogP contribution in [0.25, 0.3) is 33.2 Å². The highest BCUT2D eigenvalue weighted by Crippen LogP contribution is 2.32. The molecule has 5 heteroatoms. The molecule has 0 unspecified atom stereocenters. The summed E-state index contributed by atoms with van der Waals surface area (Å²) in [6, 6.07) is 17.9. The van der Waals surface area contributed by atoms with Crippen LogP contribution in [0.1, 0.15) is 11.7 Å². The van der Waals surface area contributed by atoms with E-state index in [9.17, 15) is 4.79 Å². The van der Waals surface area contributed by atoms with Crippen molar-refractivity contribution < 1.29 is 4.79 Å². The molecular weight excluding hydrogens is 401 g/mol. The number of halogens is 1. The molecule has 23 heavy (non-hydrogen) atoms. The zero-order valence-electron chi connectivity index (χ0n) is 12.3. The average molecular weight is 413 g/mol. The minimum Gasteiger partial charge on any atom is -0.274 e. The largest absolute Gasteiger partial charge is 0.274 e. The molecular formula is C18H12IN3O. The number of carbonyl (C=O) groups excluding carboxylic acids is 1. The number of aromatic nitrogens is 3. The van der Waals surface area contributed by atoms with E-state index in [1.54, 1.807) is 11.5 Å². The van der Waals surface area contributed by atoms with Crippen LogP contribution in [0.2, 0.25) is 0 Å². The van der Waals surface area contributed by atoms with Crippen LogP contribution < -0.4 is 0 Å². The Morgan fingerprint density at radius 2 is 1.83 bits per heavy atom. The molecule has 0 N–H and O–H groups in total. The monoisotopic (exact) mass is 413 g/mol. The molecule has 0 aliphatic rings. The highest BCUT2D eigenvalue weighted by Gasteiger charge is 2.17. The molecule has 4 nitrogen and oxygen atoms in total. The molecule has 0 aliphatic carbocycles. The Labute approximate surface area is 146 Å². The van der Waals surface area contributed by atoms with Gasteiger partial charge in [0.15, 0.2) is 5.65 Å². The molecule has 2 aromatic carbocycles. The number of carbonyl (C=O) groups is 1. The van der Waals surface area contributed by atoms with Crippen molar-refractivity contribution in [2.24, 2.45) is 0 Å². The second kappa shape index (κ2) is 5.42. The van der Waals surface area contributed by atoms with Crippen LogP contribution in [0.4, 0.5) is 0 Å². The van der Waals surface area contributed by atoms with Gasteiger partial charge in [0, 0.05) is 26.8 Å². The van der Waals surface area contributed by atoms with Gasteiger partial charge < -0.3 is 0 Å². The van der Waals surface area contributed by atoms with Gasteiger partial charge >= 0.3 is 0 Å². The van der Waals surface area contributed by atoms with Gasteiger partial charge in [-0.15, -0.1) is 10.2 Å². The fourth-order valence-electron chi connectivity index (χ4n) is 2.88. The van der Waals surface area contributed by atoms with E-state index in [0.717, 1.165) is 31.1 Å². The van der Waals surface area contributed by atoms with E-state index in [1.807, 2.05) is 54.6 Å². The third-order valence-electron chi connectivity index (χ3n) is 3.87. The Kier molecular flexibility index (Phi) is 3.37. The van der Waals surface area contributed by atoms with Gasteiger partial charge in [-0.3, -0.25) is 9.36 Å². The van der Waals surface area contributed by atoms with Gasteiger partial charge in [-0.05, 0) is 40.8 Å². The summed E-state index contributed by atoms with van der Waals surface area (Å²) in [5, 5.41) is 10.7. The van der Waals surface area contributed by atoms with Gasteiger partial charge in [0.25, 0.3) is 0 Å². The minimum absolute atomic E-state index is 0.0613. The number of rotatable bonds is 1. The lowest BCUT2D eigenvalue weighted by molar-refractivity contribution is 0.0945. The predicted molar refractivity (Wildman–Crippen MR) is 99.5 cm³/mol. The minimum atomic E-state index is -0.0613. The summed E-state index contributed by atoms with van der Waals surface area (Å²) in [5.41, 5.74) is 3.30. The standard InChI is InChI=1S/C18H12IN3O/c1-11(23)22-16-9-5-8-14(19)17(16)13-10-15(20-21-18(13)22)12-6-3-2-4-7-12/h2-10H,1H3. The Balaban J connectivity index is 2.13. The van der Waals surface area contributed by atoms with Crippen molar-refractivity contribution >= 4 is 50.4 Å². The number of benzene rings is 2. The number of fused-ring (bicyclic) bond motifs is 3. The van der Waals surface area contributed by atoms with Crippen molar-refractivity contribution in [1.29, 1.82) is 0 Å². The van der Waals surface area contributed by atoms with E-state index in [2.05, 4.69) is 32.8 Å². The second-order valence-corrected chi connectivity index (χ2v) is 6.48.